The maximum atomic E-state index is 11.6. The van der Waals surface area contributed by atoms with Gasteiger partial charge in [-0.05, 0) is 25.8 Å². The zero-order valence-corrected chi connectivity index (χ0v) is 12.8. The summed E-state index contributed by atoms with van der Waals surface area (Å²) in [5, 5.41) is 6.69. The largest absolute Gasteiger partial charge is 0.373 e. The van der Waals surface area contributed by atoms with Crippen LogP contribution in [0, 0.1) is 0 Å². The molecule has 1 amide bonds. The maximum absolute atomic E-state index is 11.6. The van der Waals surface area contributed by atoms with Gasteiger partial charge in [-0.15, -0.1) is 0 Å². The van der Waals surface area contributed by atoms with Crippen molar-refractivity contribution in [2.75, 3.05) is 25.5 Å². The summed E-state index contributed by atoms with van der Waals surface area (Å²) in [5.41, 5.74) is 2.16. The van der Waals surface area contributed by atoms with Crippen molar-refractivity contribution in [3.8, 4) is 0 Å². The van der Waals surface area contributed by atoms with E-state index < -0.39 is 0 Å². The van der Waals surface area contributed by atoms with E-state index in [0.29, 0.717) is 6.54 Å². The number of piperidine rings is 1. The molecule has 3 rings (SSSR count). The second-order valence-electron chi connectivity index (χ2n) is 5.80. The van der Waals surface area contributed by atoms with Gasteiger partial charge < -0.3 is 15.5 Å². The van der Waals surface area contributed by atoms with Crippen molar-refractivity contribution in [3.63, 3.8) is 0 Å². The normalized spacial score (nSPS) is 21.8. The predicted molar refractivity (Wildman–Crippen MR) is 81.0 cm³/mol. The summed E-state index contributed by atoms with van der Waals surface area (Å²) >= 11 is 0. The molecule has 1 unspecified atom stereocenters. The first-order valence-corrected chi connectivity index (χ1v) is 7.75. The van der Waals surface area contributed by atoms with Crippen molar-refractivity contribution in [2.24, 2.45) is 0 Å². The molecular formula is C15H23N5O. The van der Waals surface area contributed by atoms with Crippen molar-refractivity contribution >= 4 is 11.7 Å². The predicted octanol–water partition coefficient (Wildman–Crippen LogP) is 1.24. The van der Waals surface area contributed by atoms with Gasteiger partial charge in [0.05, 0.1) is 18.3 Å². The number of nitrogens with one attached hydrogen (secondary N) is 2. The van der Waals surface area contributed by atoms with Gasteiger partial charge in [-0.2, -0.15) is 0 Å². The minimum atomic E-state index is 0.114. The highest BCUT2D eigenvalue weighted by molar-refractivity contribution is 5.73. The Morgan fingerprint density at radius 2 is 2.24 bits per heavy atom. The highest BCUT2D eigenvalue weighted by atomic mass is 16.2. The molecule has 6 heteroatoms. The summed E-state index contributed by atoms with van der Waals surface area (Å²) in [5.74, 6) is 1.90. The Bertz CT molecular complexity index is 539. The summed E-state index contributed by atoms with van der Waals surface area (Å²) < 4.78 is 0. The zero-order valence-electron chi connectivity index (χ0n) is 12.8. The molecule has 2 N–H and O–H groups in total. The van der Waals surface area contributed by atoms with Crippen LogP contribution in [-0.2, 0) is 17.8 Å². The maximum Gasteiger partial charge on any atom is 0.219 e. The third-order valence-corrected chi connectivity index (χ3v) is 4.39. The van der Waals surface area contributed by atoms with E-state index in [-0.39, 0.29) is 11.9 Å². The van der Waals surface area contributed by atoms with Crippen molar-refractivity contribution in [3.05, 3.63) is 17.1 Å². The van der Waals surface area contributed by atoms with Crippen LogP contribution in [0.2, 0.25) is 0 Å². The number of carbonyl (C=O) groups excluding carboxylic acids is 1. The van der Waals surface area contributed by atoms with Crippen LogP contribution in [0.3, 0.4) is 0 Å². The molecule has 0 bridgehead atoms. The Morgan fingerprint density at radius 1 is 1.38 bits per heavy atom. The van der Waals surface area contributed by atoms with E-state index in [2.05, 4.69) is 10.6 Å². The molecule has 0 aliphatic carbocycles. The van der Waals surface area contributed by atoms with Gasteiger partial charge in [0.15, 0.2) is 0 Å². The fourth-order valence-electron chi connectivity index (χ4n) is 3.15. The summed E-state index contributed by atoms with van der Waals surface area (Å²) in [7, 11) is 1.90. The van der Waals surface area contributed by atoms with E-state index >= 15 is 0 Å². The van der Waals surface area contributed by atoms with Gasteiger partial charge in [0.1, 0.15) is 11.6 Å². The van der Waals surface area contributed by atoms with Crippen molar-refractivity contribution in [2.45, 2.75) is 45.2 Å². The Hall–Kier alpha value is -1.69. The molecular weight excluding hydrogens is 266 g/mol. The number of aromatic nitrogens is 2. The summed E-state index contributed by atoms with van der Waals surface area (Å²) in [6, 6.07) is 0.240. The number of amides is 1. The topological polar surface area (TPSA) is 70.2 Å². The van der Waals surface area contributed by atoms with Crippen molar-refractivity contribution < 1.29 is 4.79 Å². The summed E-state index contributed by atoms with van der Waals surface area (Å²) in [4.78, 5) is 22.9. The van der Waals surface area contributed by atoms with E-state index in [1.165, 1.54) is 12.8 Å². The second kappa shape index (κ2) is 5.97. The Labute approximate surface area is 125 Å². The van der Waals surface area contributed by atoms with Crippen LogP contribution in [0.1, 0.15) is 49.3 Å². The minimum Gasteiger partial charge on any atom is -0.373 e. The molecule has 2 aliphatic rings. The van der Waals surface area contributed by atoms with Crippen molar-refractivity contribution in [1.82, 2.24) is 20.2 Å². The van der Waals surface area contributed by atoms with Crippen LogP contribution in [-0.4, -0.2) is 40.9 Å². The lowest BCUT2D eigenvalue weighted by atomic mass is 10.0. The molecule has 21 heavy (non-hydrogen) atoms. The number of hydrogen-bond donors (Lipinski definition) is 2. The van der Waals surface area contributed by atoms with Crippen LogP contribution in [0.15, 0.2) is 0 Å². The monoisotopic (exact) mass is 289 g/mol. The lowest BCUT2D eigenvalue weighted by Crippen LogP contribution is -2.36. The smallest absolute Gasteiger partial charge is 0.219 e. The van der Waals surface area contributed by atoms with Gasteiger partial charge in [-0.25, -0.2) is 9.97 Å². The Morgan fingerprint density at radius 3 is 2.90 bits per heavy atom. The molecule has 0 spiro atoms. The van der Waals surface area contributed by atoms with E-state index in [9.17, 15) is 4.79 Å². The average molecular weight is 289 g/mol. The first-order chi connectivity index (χ1) is 10.2. The number of carbonyl (C=O) groups is 1. The number of anilines is 1. The fraction of sp³-hybridized carbons (Fsp3) is 0.667. The fourth-order valence-corrected chi connectivity index (χ4v) is 3.15. The van der Waals surface area contributed by atoms with Crippen LogP contribution >= 0.6 is 0 Å². The second-order valence-corrected chi connectivity index (χ2v) is 5.80. The highest BCUT2D eigenvalue weighted by Gasteiger charge is 2.26. The van der Waals surface area contributed by atoms with Gasteiger partial charge in [0, 0.05) is 26.1 Å². The molecule has 1 fully saturated rings. The van der Waals surface area contributed by atoms with Crippen LogP contribution in [0.4, 0.5) is 5.82 Å². The van der Waals surface area contributed by atoms with Crippen LogP contribution in [0.25, 0.3) is 0 Å². The number of rotatable bonds is 2. The molecule has 2 aliphatic heterocycles. The molecule has 114 valence electrons. The molecule has 1 aromatic rings. The first kappa shape index (κ1) is 14.3. The van der Waals surface area contributed by atoms with E-state index in [1.54, 1.807) is 6.92 Å². The molecule has 1 atom stereocenters. The average Bonchev–Trinajstić information content (AvgIpc) is 2.54. The lowest BCUT2D eigenvalue weighted by molar-refractivity contribution is -0.129. The third kappa shape index (κ3) is 2.85. The summed E-state index contributed by atoms with van der Waals surface area (Å²) in [6.07, 6.45) is 4.34. The standard InChI is InChI=1S/C15H23N5O/c1-10(21)20-8-6-11-13(9-20)18-15(19-14(11)16-2)12-5-3-4-7-17-12/h12,17H,3-9H2,1-2H3,(H,16,18,19). The Kier molecular flexibility index (Phi) is 4.05. The van der Waals surface area contributed by atoms with Crippen molar-refractivity contribution in [1.29, 1.82) is 0 Å². The Balaban J connectivity index is 1.93. The molecule has 1 aromatic heterocycles. The number of hydrogen-bond acceptors (Lipinski definition) is 5. The van der Waals surface area contributed by atoms with E-state index in [1.807, 2.05) is 11.9 Å². The number of fused-ring (bicyclic) bond motifs is 1. The van der Waals surface area contributed by atoms with E-state index in [0.717, 1.165) is 48.8 Å². The van der Waals surface area contributed by atoms with Crippen LogP contribution in [0.5, 0.6) is 0 Å². The molecule has 3 heterocycles. The van der Waals surface area contributed by atoms with E-state index in [4.69, 9.17) is 9.97 Å². The molecule has 0 radical (unpaired) electrons. The van der Waals surface area contributed by atoms with Crippen LogP contribution < -0.4 is 10.6 Å². The van der Waals surface area contributed by atoms with Gasteiger partial charge >= 0.3 is 0 Å². The summed E-state index contributed by atoms with van der Waals surface area (Å²) in [6.45, 7) is 4.00. The SMILES string of the molecule is CNc1nc(C2CCCCN2)nc2c1CCN(C(C)=O)C2. The third-order valence-electron chi connectivity index (χ3n) is 4.39. The number of nitrogens with zero attached hydrogens (tertiary/aromatic N) is 3. The lowest BCUT2D eigenvalue weighted by Gasteiger charge is -2.30. The zero-order chi connectivity index (χ0) is 14.8. The molecule has 0 saturated carbocycles. The first-order valence-electron chi connectivity index (χ1n) is 7.75. The molecule has 6 nitrogen and oxygen atoms in total. The minimum absolute atomic E-state index is 0.114. The highest BCUT2D eigenvalue weighted by Crippen LogP contribution is 2.27. The molecule has 1 saturated heterocycles. The quantitative estimate of drug-likeness (QED) is 0.857. The van der Waals surface area contributed by atoms with Gasteiger partial charge in [0.2, 0.25) is 5.91 Å². The molecule has 0 aromatic carbocycles. The van der Waals surface area contributed by atoms with Gasteiger partial charge in [0.25, 0.3) is 0 Å². The van der Waals surface area contributed by atoms with Gasteiger partial charge in [-0.3, -0.25) is 4.79 Å². The van der Waals surface area contributed by atoms with Gasteiger partial charge in [-0.1, -0.05) is 6.42 Å².